The fraction of sp³-hybridized carbons (Fsp3) is 0.208. The summed E-state index contributed by atoms with van der Waals surface area (Å²) in [7, 11) is 0. The van der Waals surface area contributed by atoms with Crippen LogP contribution in [-0.2, 0) is 11.3 Å². The fourth-order valence-corrected chi connectivity index (χ4v) is 4.14. The topological polar surface area (TPSA) is 62.7 Å². The third-order valence-corrected chi connectivity index (χ3v) is 5.86. The number of carbonyl (C=O) groups is 1. The molecule has 0 spiro atoms. The van der Waals surface area contributed by atoms with Crippen molar-refractivity contribution >= 4 is 33.6 Å². The first-order chi connectivity index (χ1) is 14.6. The molecule has 0 atom stereocenters. The number of rotatable bonds is 5. The molecule has 0 unspecified atom stereocenters. The number of halogens is 1. The number of piperazine rings is 1. The van der Waals surface area contributed by atoms with Crippen LogP contribution in [0, 0.1) is 0 Å². The molecule has 2 heterocycles. The smallest absolute Gasteiger partial charge is 0.246 e. The molecular formula is C24H24BrN3O2. The zero-order chi connectivity index (χ0) is 20.9. The van der Waals surface area contributed by atoms with Gasteiger partial charge in [0.2, 0.25) is 5.91 Å². The molecule has 5 nitrogen and oxygen atoms in total. The van der Waals surface area contributed by atoms with E-state index in [-0.39, 0.29) is 5.91 Å². The molecule has 6 heteroatoms. The predicted octanol–water partition coefficient (Wildman–Crippen LogP) is 4.65. The second kappa shape index (κ2) is 9.32. The Hall–Kier alpha value is -2.83. The van der Waals surface area contributed by atoms with Crippen LogP contribution in [0.3, 0.4) is 0 Å². The van der Waals surface area contributed by atoms with Crippen LogP contribution in [0.4, 0.5) is 5.69 Å². The lowest BCUT2D eigenvalue weighted by molar-refractivity contribution is -0.127. The van der Waals surface area contributed by atoms with Crippen molar-refractivity contribution in [1.82, 2.24) is 9.80 Å². The van der Waals surface area contributed by atoms with Gasteiger partial charge in [-0.05, 0) is 57.9 Å². The van der Waals surface area contributed by atoms with Gasteiger partial charge in [-0.1, -0.05) is 30.3 Å². The molecule has 2 aromatic carbocycles. The Balaban J connectivity index is 1.32. The van der Waals surface area contributed by atoms with E-state index in [1.807, 2.05) is 41.3 Å². The van der Waals surface area contributed by atoms with Crippen LogP contribution in [-0.4, -0.2) is 41.9 Å². The Morgan fingerprint density at radius 1 is 1.03 bits per heavy atom. The maximum atomic E-state index is 12.6. The van der Waals surface area contributed by atoms with E-state index in [0.29, 0.717) is 11.4 Å². The first-order valence-corrected chi connectivity index (χ1v) is 10.8. The van der Waals surface area contributed by atoms with E-state index >= 15 is 0 Å². The molecule has 1 aliphatic rings. The minimum absolute atomic E-state index is 0.0148. The van der Waals surface area contributed by atoms with Gasteiger partial charge in [0.15, 0.2) is 0 Å². The minimum atomic E-state index is 0.0148. The van der Waals surface area contributed by atoms with Gasteiger partial charge in [0.1, 0.15) is 11.5 Å². The highest BCUT2D eigenvalue weighted by Crippen LogP contribution is 2.31. The zero-order valence-corrected chi connectivity index (χ0v) is 18.2. The van der Waals surface area contributed by atoms with Crippen LogP contribution >= 0.6 is 15.9 Å². The summed E-state index contributed by atoms with van der Waals surface area (Å²) in [6.45, 7) is 4.15. The van der Waals surface area contributed by atoms with Crippen LogP contribution in [0.25, 0.3) is 17.4 Å². The standard InChI is InChI=1S/C24H24BrN3O2/c25-22-16-19(26)6-9-21(22)23-10-7-20(30-23)8-11-24(29)28-14-12-27(13-15-28)17-18-4-2-1-3-5-18/h1-11,16H,12-15,17,26H2/b11-8+. The molecular weight excluding hydrogens is 442 g/mol. The number of benzene rings is 2. The van der Waals surface area contributed by atoms with Crippen molar-refractivity contribution in [3.63, 3.8) is 0 Å². The molecule has 4 rings (SSSR count). The van der Waals surface area contributed by atoms with Gasteiger partial charge in [-0.2, -0.15) is 0 Å². The van der Waals surface area contributed by atoms with Gasteiger partial charge in [0.05, 0.1) is 0 Å². The van der Waals surface area contributed by atoms with Gasteiger partial charge in [0, 0.05) is 54.5 Å². The SMILES string of the molecule is Nc1ccc(-c2ccc(/C=C/C(=O)N3CCN(Cc4ccccc4)CC3)o2)c(Br)c1. The fourth-order valence-electron chi connectivity index (χ4n) is 3.55. The van der Waals surface area contributed by atoms with Crippen molar-refractivity contribution in [2.45, 2.75) is 6.54 Å². The number of furan rings is 1. The number of nitrogens with zero attached hydrogens (tertiary/aromatic N) is 2. The van der Waals surface area contributed by atoms with Gasteiger partial charge < -0.3 is 15.1 Å². The molecule has 30 heavy (non-hydrogen) atoms. The lowest BCUT2D eigenvalue weighted by Gasteiger charge is -2.34. The Labute approximate surface area is 184 Å². The predicted molar refractivity (Wildman–Crippen MR) is 124 cm³/mol. The van der Waals surface area contributed by atoms with Crippen LogP contribution in [0.2, 0.25) is 0 Å². The third-order valence-electron chi connectivity index (χ3n) is 5.21. The van der Waals surface area contributed by atoms with Crippen molar-refractivity contribution in [1.29, 1.82) is 0 Å². The average molecular weight is 466 g/mol. The summed E-state index contributed by atoms with van der Waals surface area (Å²) < 4.78 is 6.75. The largest absolute Gasteiger partial charge is 0.457 e. The highest BCUT2D eigenvalue weighted by Gasteiger charge is 2.19. The van der Waals surface area contributed by atoms with E-state index in [1.165, 1.54) is 5.56 Å². The number of nitrogens with two attached hydrogens (primary N) is 1. The lowest BCUT2D eigenvalue weighted by atomic mass is 10.1. The van der Waals surface area contributed by atoms with Crippen molar-refractivity contribution in [2.75, 3.05) is 31.9 Å². The maximum Gasteiger partial charge on any atom is 0.246 e. The number of anilines is 1. The number of hydrogen-bond donors (Lipinski definition) is 1. The average Bonchev–Trinajstić information content (AvgIpc) is 3.22. The Kier molecular flexibility index (Phi) is 6.35. The summed E-state index contributed by atoms with van der Waals surface area (Å²) in [5.74, 6) is 1.38. The molecule has 1 amide bonds. The van der Waals surface area contributed by atoms with Gasteiger partial charge >= 0.3 is 0 Å². The molecule has 0 radical (unpaired) electrons. The van der Waals surface area contributed by atoms with E-state index < -0.39 is 0 Å². The first kappa shape index (κ1) is 20.4. The molecule has 0 saturated carbocycles. The van der Waals surface area contributed by atoms with E-state index in [2.05, 4.69) is 45.1 Å². The molecule has 154 valence electrons. The van der Waals surface area contributed by atoms with Crippen LogP contribution < -0.4 is 5.73 Å². The van der Waals surface area contributed by atoms with E-state index in [1.54, 1.807) is 12.2 Å². The molecule has 1 aromatic heterocycles. The number of amides is 1. The third kappa shape index (κ3) is 5.01. The highest BCUT2D eigenvalue weighted by atomic mass is 79.9. The van der Waals surface area contributed by atoms with Gasteiger partial charge in [-0.15, -0.1) is 0 Å². The summed E-state index contributed by atoms with van der Waals surface area (Å²) in [6.07, 6.45) is 3.32. The lowest BCUT2D eigenvalue weighted by Crippen LogP contribution is -2.47. The van der Waals surface area contributed by atoms with Gasteiger partial charge in [0.25, 0.3) is 0 Å². The number of nitrogen functional groups attached to an aromatic ring is 1. The molecule has 1 fully saturated rings. The molecule has 0 bridgehead atoms. The first-order valence-electron chi connectivity index (χ1n) is 9.97. The van der Waals surface area contributed by atoms with Crippen LogP contribution in [0.1, 0.15) is 11.3 Å². The summed E-state index contributed by atoms with van der Waals surface area (Å²) in [5.41, 5.74) is 8.70. The Morgan fingerprint density at radius 2 is 1.80 bits per heavy atom. The minimum Gasteiger partial charge on any atom is -0.457 e. The highest BCUT2D eigenvalue weighted by molar-refractivity contribution is 9.10. The molecule has 2 N–H and O–H groups in total. The Morgan fingerprint density at radius 3 is 2.53 bits per heavy atom. The van der Waals surface area contributed by atoms with Crippen LogP contribution in [0.5, 0.6) is 0 Å². The number of hydrogen-bond acceptors (Lipinski definition) is 4. The second-order valence-corrected chi connectivity index (χ2v) is 8.22. The molecule has 1 saturated heterocycles. The van der Waals surface area contributed by atoms with Crippen LogP contribution in [0.15, 0.2) is 75.6 Å². The normalized spacial score (nSPS) is 15.0. The number of carbonyl (C=O) groups excluding carboxylic acids is 1. The van der Waals surface area contributed by atoms with Gasteiger partial charge in [-0.25, -0.2) is 0 Å². The molecule has 1 aliphatic heterocycles. The summed E-state index contributed by atoms with van der Waals surface area (Å²) in [6, 6.07) is 19.8. The Bertz CT molecular complexity index is 1040. The van der Waals surface area contributed by atoms with Crippen molar-refractivity contribution in [2.24, 2.45) is 0 Å². The van der Waals surface area contributed by atoms with E-state index in [4.69, 9.17) is 10.2 Å². The quantitative estimate of drug-likeness (QED) is 0.439. The summed E-state index contributed by atoms with van der Waals surface area (Å²) in [5, 5.41) is 0. The summed E-state index contributed by atoms with van der Waals surface area (Å²) in [4.78, 5) is 16.8. The van der Waals surface area contributed by atoms with E-state index in [0.717, 1.165) is 48.5 Å². The van der Waals surface area contributed by atoms with E-state index in [9.17, 15) is 4.79 Å². The molecule has 3 aromatic rings. The zero-order valence-electron chi connectivity index (χ0n) is 16.6. The second-order valence-electron chi connectivity index (χ2n) is 7.36. The maximum absolute atomic E-state index is 12.6. The van der Waals surface area contributed by atoms with Crippen molar-refractivity contribution in [3.05, 3.63) is 82.5 Å². The van der Waals surface area contributed by atoms with Crippen molar-refractivity contribution < 1.29 is 9.21 Å². The van der Waals surface area contributed by atoms with Gasteiger partial charge in [-0.3, -0.25) is 9.69 Å². The molecule has 0 aliphatic carbocycles. The monoisotopic (exact) mass is 465 g/mol. The van der Waals surface area contributed by atoms with Crippen molar-refractivity contribution in [3.8, 4) is 11.3 Å². The summed E-state index contributed by atoms with van der Waals surface area (Å²) >= 11 is 3.51.